The summed E-state index contributed by atoms with van der Waals surface area (Å²) in [5, 5.41) is 7.23. The van der Waals surface area contributed by atoms with Crippen molar-refractivity contribution in [2.75, 3.05) is 5.32 Å². The first-order valence-electron chi connectivity index (χ1n) is 6.90. The van der Waals surface area contributed by atoms with E-state index in [4.69, 9.17) is 5.73 Å². The van der Waals surface area contributed by atoms with Crippen LogP contribution < -0.4 is 11.1 Å². The predicted molar refractivity (Wildman–Crippen MR) is 84.8 cm³/mol. The number of halogens is 1. The first-order chi connectivity index (χ1) is 9.72. The van der Waals surface area contributed by atoms with Gasteiger partial charge in [-0.05, 0) is 31.4 Å². The second-order valence-corrected chi connectivity index (χ2v) is 5.24. The summed E-state index contributed by atoms with van der Waals surface area (Å²) in [5.74, 6) is 0.627. The van der Waals surface area contributed by atoms with E-state index in [9.17, 15) is 4.79 Å². The first-order valence-corrected chi connectivity index (χ1v) is 6.90. The van der Waals surface area contributed by atoms with Gasteiger partial charge in [0.05, 0.1) is 5.69 Å². The fourth-order valence-electron chi connectivity index (χ4n) is 2.60. The molecular weight excluding hydrogens is 288 g/mol. The Labute approximate surface area is 129 Å². The highest BCUT2D eigenvalue weighted by Gasteiger charge is 2.28. The van der Waals surface area contributed by atoms with Crippen LogP contribution in [0.4, 0.5) is 5.82 Å². The zero-order valence-corrected chi connectivity index (χ0v) is 12.4. The molecule has 21 heavy (non-hydrogen) atoms. The van der Waals surface area contributed by atoms with Gasteiger partial charge in [-0.25, -0.2) is 4.68 Å². The largest absolute Gasteiger partial charge is 0.328 e. The van der Waals surface area contributed by atoms with E-state index in [1.807, 2.05) is 36.5 Å². The number of para-hydroxylation sites is 1. The van der Waals surface area contributed by atoms with E-state index < -0.39 is 0 Å². The standard InChI is InChI=1S/C15H18N4O.ClH/c16-12-7-6-11(10-12)15(20)17-14-8-9-19(18-14)13-4-2-1-3-5-13;/h1-5,8-9,11-12H,6-7,10,16H2,(H,17,18,20);1H. The molecule has 2 atom stereocenters. The Morgan fingerprint density at radius 2 is 2.00 bits per heavy atom. The van der Waals surface area contributed by atoms with Crippen LogP contribution in [0.25, 0.3) is 5.69 Å². The van der Waals surface area contributed by atoms with Crippen molar-refractivity contribution >= 4 is 24.1 Å². The lowest BCUT2D eigenvalue weighted by molar-refractivity contribution is -0.119. The van der Waals surface area contributed by atoms with Crippen molar-refractivity contribution in [1.29, 1.82) is 0 Å². The molecule has 0 radical (unpaired) electrons. The molecule has 3 N–H and O–H groups in total. The minimum atomic E-state index is 0. The van der Waals surface area contributed by atoms with E-state index in [1.165, 1.54) is 0 Å². The molecule has 1 aromatic heterocycles. The van der Waals surface area contributed by atoms with E-state index in [2.05, 4.69) is 10.4 Å². The molecule has 5 nitrogen and oxygen atoms in total. The molecule has 1 heterocycles. The molecule has 1 saturated carbocycles. The van der Waals surface area contributed by atoms with Crippen molar-refractivity contribution in [2.45, 2.75) is 25.3 Å². The highest BCUT2D eigenvalue weighted by molar-refractivity contribution is 5.91. The van der Waals surface area contributed by atoms with E-state index >= 15 is 0 Å². The topological polar surface area (TPSA) is 72.9 Å². The summed E-state index contributed by atoms with van der Waals surface area (Å²) in [4.78, 5) is 12.1. The Balaban J connectivity index is 0.00000161. The molecule has 6 heteroatoms. The molecule has 112 valence electrons. The molecule has 1 aromatic carbocycles. The number of nitrogens with one attached hydrogen (secondary N) is 1. The molecular formula is C15H19ClN4O. The van der Waals surface area contributed by atoms with Crippen LogP contribution in [0.1, 0.15) is 19.3 Å². The molecule has 1 aliphatic rings. The second-order valence-electron chi connectivity index (χ2n) is 5.24. The number of hydrogen-bond acceptors (Lipinski definition) is 3. The van der Waals surface area contributed by atoms with E-state index in [-0.39, 0.29) is 30.3 Å². The highest BCUT2D eigenvalue weighted by atomic mass is 35.5. The number of nitrogens with zero attached hydrogens (tertiary/aromatic N) is 2. The maximum atomic E-state index is 12.1. The van der Waals surface area contributed by atoms with Gasteiger partial charge >= 0.3 is 0 Å². The summed E-state index contributed by atoms with van der Waals surface area (Å²) in [5.41, 5.74) is 6.81. The third-order valence-electron chi connectivity index (χ3n) is 3.71. The summed E-state index contributed by atoms with van der Waals surface area (Å²) in [6.45, 7) is 0. The normalized spacial score (nSPS) is 20.8. The van der Waals surface area contributed by atoms with Crippen molar-refractivity contribution in [3.63, 3.8) is 0 Å². The zero-order valence-electron chi connectivity index (χ0n) is 11.6. The smallest absolute Gasteiger partial charge is 0.228 e. The van der Waals surface area contributed by atoms with Crippen molar-refractivity contribution in [3.8, 4) is 5.69 Å². The van der Waals surface area contributed by atoms with Crippen molar-refractivity contribution in [1.82, 2.24) is 9.78 Å². The maximum Gasteiger partial charge on any atom is 0.228 e. The van der Waals surface area contributed by atoms with Crippen LogP contribution in [-0.2, 0) is 4.79 Å². The summed E-state index contributed by atoms with van der Waals surface area (Å²) in [6, 6.07) is 11.8. The Hall–Kier alpha value is -1.85. The van der Waals surface area contributed by atoms with Crippen LogP contribution in [0.3, 0.4) is 0 Å². The third kappa shape index (κ3) is 3.62. The monoisotopic (exact) mass is 306 g/mol. The van der Waals surface area contributed by atoms with Gasteiger partial charge in [-0.15, -0.1) is 12.4 Å². The van der Waals surface area contributed by atoms with Crippen LogP contribution >= 0.6 is 12.4 Å². The van der Waals surface area contributed by atoms with Crippen LogP contribution in [0.2, 0.25) is 0 Å². The van der Waals surface area contributed by atoms with E-state index in [0.29, 0.717) is 5.82 Å². The lowest BCUT2D eigenvalue weighted by Crippen LogP contribution is -2.23. The second kappa shape index (κ2) is 6.74. The van der Waals surface area contributed by atoms with Crippen LogP contribution in [-0.4, -0.2) is 21.7 Å². The Kier molecular flexibility index (Phi) is 4.98. The molecule has 3 rings (SSSR count). The number of aromatic nitrogens is 2. The number of carbonyl (C=O) groups is 1. The minimum absolute atomic E-state index is 0. The zero-order chi connectivity index (χ0) is 13.9. The number of carbonyl (C=O) groups excluding carboxylic acids is 1. The van der Waals surface area contributed by atoms with Gasteiger partial charge in [0.15, 0.2) is 5.82 Å². The fraction of sp³-hybridized carbons (Fsp3) is 0.333. The van der Waals surface area contributed by atoms with Crippen molar-refractivity contribution in [3.05, 3.63) is 42.6 Å². The van der Waals surface area contributed by atoms with Crippen molar-refractivity contribution < 1.29 is 4.79 Å². The van der Waals surface area contributed by atoms with Gasteiger partial charge in [-0.2, -0.15) is 5.10 Å². The van der Waals surface area contributed by atoms with Gasteiger partial charge < -0.3 is 11.1 Å². The SMILES string of the molecule is Cl.NC1CCC(C(=O)Nc2ccn(-c3ccccc3)n2)C1. The van der Waals surface area contributed by atoms with E-state index in [0.717, 1.165) is 24.9 Å². The van der Waals surface area contributed by atoms with Gasteiger partial charge in [0.1, 0.15) is 0 Å². The van der Waals surface area contributed by atoms with Gasteiger partial charge in [0.2, 0.25) is 5.91 Å². The summed E-state index contributed by atoms with van der Waals surface area (Å²) >= 11 is 0. The maximum absolute atomic E-state index is 12.1. The summed E-state index contributed by atoms with van der Waals surface area (Å²) in [7, 11) is 0. The molecule has 2 unspecified atom stereocenters. The third-order valence-corrected chi connectivity index (χ3v) is 3.71. The lowest BCUT2D eigenvalue weighted by Gasteiger charge is -2.08. The fourth-order valence-corrected chi connectivity index (χ4v) is 2.60. The number of amides is 1. The summed E-state index contributed by atoms with van der Waals surface area (Å²) in [6.07, 6.45) is 4.40. The molecule has 1 amide bonds. The molecule has 0 spiro atoms. The lowest BCUT2D eigenvalue weighted by atomic mass is 10.1. The van der Waals surface area contributed by atoms with Crippen molar-refractivity contribution in [2.24, 2.45) is 11.7 Å². The Morgan fingerprint density at radius 1 is 1.24 bits per heavy atom. The Bertz CT molecular complexity index is 599. The molecule has 0 aliphatic heterocycles. The van der Waals surface area contributed by atoms with Gasteiger partial charge in [-0.3, -0.25) is 4.79 Å². The first kappa shape index (κ1) is 15.5. The van der Waals surface area contributed by atoms with E-state index in [1.54, 1.807) is 10.7 Å². The predicted octanol–water partition coefficient (Wildman–Crippen LogP) is 2.36. The number of anilines is 1. The van der Waals surface area contributed by atoms with Crippen LogP contribution in [0, 0.1) is 5.92 Å². The minimum Gasteiger partial charge on any atom is -0.328 e. The van der Waals surface area contributed by atoms with Gasteiger partial charge in [-0.1, -0.05) is 18.2 Å². The van der Waals surface area contributed by atoms with Gasteiger partial charge in [0.25, 0.3) is 0 Å². The Morgan fingerprint density at radius 3 is 2.67 bits per heavy atom. The molecule has 0 saturated heterocycles. The average molecular weight is 307 g/mol. The number of hydrogen-bond donors (Lipinski definition) is 2. The van der Waals surface area contributed by atoms with Crippen LogP contribution in [0.5, 0.6) is 0 Å². The number of nitrogens with two attached hydrogens (primary N) is 1. The number of benzene rings is 1. The molecule has 2 aromatic rings. The highest BCUT2D eigenvalue weighted by Crippen LogP contribution is 2.25. The van der Waals surface area contributed by atoms with Crippen LogP contribution in [0.15, 0.2) is 42.6 Å². The quantitative estimate of drug-likeness (QED) is 0.914. The van der Waals surface area contributed by atoms with Gasteiger partial charge in [0, 0.05) is 24.2 Å². The number of rotatable bonds is 3. The molecule has 0 bridgehead atoms. The summed E-state index contributed by atoms with van der Waals surface area (Å²) < 4.78 is 1.75. The average Bonchev–Trinajstić information content (AvgIpc) is 3.09. The molecule has 1 fully saturated rings. The molecule has 1 aliphatic carbocycles.